The van der Waals surface area contributed by atoms with Gasteiger partial charge in [0.1, 0.15) is 0 Å². The molecule has 20 heavy (non-hydrogen) atoms. The van der Waals surface area contributed by atoms with Crippen LogP contribution in [0.3, 0.4) is 0 Å². The molecular weight excluding hydrogens is 252 g/mol. The average molecular weight is 278 g/mol. The molecule has 1 amide bonds. The predicted molar refractivity (Wildman–Crippen MR) is 81.5 cm³/mol. The van der Waals surface area contributed by atoms with Gasteiger partial charge in [0.25, 0.3) is 5.91 Å². The highest BCUT2D eigenvalue weighted by Gasteiger charge is 2.26. The third-order valence-corrected chi connectivity index (χ3v) is 3.25. The van der Waals surface area contributed by atoms with Gasteiger partial charge in [-0.25, -0.2) is 0 Å². The maximum atomic E-state index is 12.3. The fraction of sp³-hybridized carbons (Fsp3) is 0.562. The van der Waals surface area contributed by atoms with Crippen LogP contribution in [-0.2, 0) is 11.3 Å². The minimum atomic E-state index is -0.365. The van der Waals surface area contributed by atoms with E-state index in [2.05, 4.69) is 19.2 Å². The summed E-state index contributed by atoms with van der Waals surface area (Å²) in [4.78, 5) is 12.3. The number of carbonyl (C=O) groups is 1. The van der Waals surface area contributed by atoms with Crippen LogP contribution in [0.15, 0.2) is 24.3 Å². The fourth-order valence-electron chi connectivity index (χ4n) is 2.35. The Hall–Kier alpha value is -1.39. The summed E-state index contributed by atoms with van der Waals surface area (Å²) in [5, 5.41) is 3.05. The van der Waals surface area contributed by atoms with Crippen molar-refractivity contribution in [2.75, 3.05) is 13.7 Å². The van der Waals surface area contributed by atoms with E-state index in [1.54, 1.807) is 7.11 Å². The molecule has 1 rings (SSSR count). The van der Waals surface area contributed by atoms with Crippen LogP contribution in [-0.4, -0.2) is 25.1 Å². The van der Waals surface area contributed by atoms with Gasteiger partial charge in [-0.2, -0.15) is 0 Å². The van der Waals surface area contributed by atoms with E-state index in [9.17, 15) is 4.79 Å². The molecule has 0 heterocycles. The third-order valence-electron chi connectivity index (χ3n) is 3.25. The van der Waals surface area contributed by atoms with Crippen LogP contribution in [0.4, 0.5) is 0 Å². The summed E-state index contributed by atoms with van der Waals surface area (Å²) in [6.07, 6.45) is 0.858. The number of hydrogen-bond donors (Lipinski definition) is 2. The van der Waals surface area contributed by atoms with Crippen molar-refractivity contribution in [3.63, 3.8) is 0 Å². The summed E-state index contributed by atoms with van der Waals surface area (Å²) in [7, 11) is 1.65. The second-order valence-corrected chi connectivity index (χ2v) is 5.95. The van der Waals surface area contributed by atoms with Crippen LogP contribution in [0.25, 0.3) is 0 Å². The molecule has 0 aliphatic carbocycles. The Kier molecular flexibility index (Phi) is 6.17. The molecule has 1 unspecified atom stereocenters. The van der Waals surface area contributed by atoms with Crippen LogP contribution in [0.5, 0.6) is 0 Å². The van der Waals surface area contributed by atoms with Crippen molar-refractivity contribution >= 4 is 5.91 Å². The molecule has 0 fully saturated rings. The van der Waals surface area contributed by atoms with E-state index in [4.69, 9.17) is 10.5 Å². The van der Waals surface area contributed by atoms with Crippen molar-refractivity contribution in [1.82, 2.24) is 5.32 Å². The number of methoxy groups -OCH3 is 1. The first kappa shape index (κ1) is 16.7. The zero-order chi connectivity index (χ0) is 15.2. The highest BCUT2D eigenvalue weighted by atomic mass is 16.5. The van der Waals surface area contributed by atoms with E-state index in [1.165, 1.54) is 0 Å². The van der Waals surface area contributed by atoms with Crippen molar-refractivity contribution in [1.29, 1.82) is 0 Å². The van der Waals surface area contributed by atoms with Crippen LogP contribution >= 0.6 is 0 Å². The smallest absolute Gasteiger partial charge is 0.251 e. The van der Waals surface area contributed by atoms with Gasteiger partial charge in [0, 0.05) is 24.8 Å². The molecule has 0 saturated heterocycles. The minimum Gasteiger partial charge on any atom is -0.380 e. The normalized spacial score (nSPS) is 14.1. The van der Waals surface area contributed by atoms with Gasteiger partial charge in [-0.15, -0.1) is 0 Å². The number of benzene rings is 1. The molecule has 3 N–H and O–H groups in total. The quantitative estimate of drug-likeness (QED) is 0.804. The maximum absolute atomic E-state index is 12.3. The summed E-state index contributed by atoms with van der Waals surface area (Å²) in [6, 6.07) is 7.44. The van der Waals surface area contributed by atoms with Crippen molar-refractivity contribution in [3.05, 3.63) is 35.4 Å². The van der Waals surface area contributed by atoms with Crippen molar-refractivity contribution < 1.29 is 9.53 Å². The zero-order valence-electron chi connectivity index (χ0n) is 12.9. The van der Waals surface area contributed by atoms with Gasteiger partial charge in [-0.3, -0.25) is 4.79 Å². The molecule has 0 saturated carbocycles. The molecule has 4 heteroatoms. The number of amides is 1. The van der Waals surface area contributed by atoms with E-state index in [0.29, 0.717) is 24.6 Å². The second-order valence-electron chi connectivity index (χ2n) is 5.95. The first-order valence-corrected chi connectivity index (χ1v) is 7.00. The Morgan fingerprint density at radius 1 is 1.35 bits per heavy atom. The average Bonchev–Trinajstić information content (AvgIpc) is 2.39. The fourth-order valence-corrected chi connectivity index (χ4v) is 2.35. The first-order chi connectivity index (χ1) is 9.40. The summed E-state index contributed by atoms with van der Waals surface area (Å²) in [6.45, 7) is 7.22. The van der Waals surface area contributed by atoms with E-state index in [0.717, 1.165) is 12.0 Å². The monoisotopic (exact) mass is 278 g/mol. The lowest BCUT2D eigenvalue weighted by Crippen LogP contribution is -2.52. The van der Waals surface area contributed by atoms with Crippen LogP contribution < -0.4 is 11.1 Å². The Morgan fingerprint density at radius 2 is 1.95 bits per heavy atom. The topological polar surface area (TPSA) is 64.3 Å². The molecule has 0 radical (unpaired) electrons. The van der Waals surface area contributed by atoms with Crippen LogP contribution in [0.2, 0.25) is 0 Å². The molecule has 1 aromatic carbocycles. The van der Waals surface area contributed by atoms with Crippen molar-refractivity contribution in [2.45, 2.75) is 39.3 Å². The first-order valence-electron chi connectivity index (χ1n) is 7.00. The summed E-state index contributed by atoms with van der Waals surface area (Å²) in [5.74, 6) is 0.399. The van der Waals surface area contributed by atoms with E-state index in [1.807, 2.05) is 31.2 Å². The van der Waals surface area contributed by atoms with Crippen LogP contribution in [0, 0.1) is 5.92 Å². The van der Waals surface area contributed by atoms with E-state index >= 15 is 0 Å². The van der Waals surface area contributed by atoms with Crippen molar-refractivity contribution in [3.8, 4) is 0 Å². The van der Waals surface area contributed by atoms with Gasteiger partial charge >= 0.3 is 0 Å². The number of ether oxygens (including phenoxy) is 1. The van der Waals surface area contributed by atoms with Gasteiger partial charge in [-0.05, 0) is 37.0 Å². The standard InChI is InChI=1S/C16H26N2O2/c1-12(2)9-16(3,11-17)18-15(19)14-7-5-13(6-8-14)10-20-4/h5-8,12H,9-11,17H2,1-4H3,(H,18,19). The molecule has 0 aliphatic heterocycles. The molecule has 0 bridgehead atoms. The Morgan fingerprint density at radius 3 is 2.40 bits per heavy atom. The van der Waals surface area contributed by atoms with Gasteiger partial charge in [0.15, 0.2) is 0 Å². The highest BCUT2D eigenvalue weighted by Crippen LogP contribution is 2.16. The minimum absolute atomic E-state index is 0.0810. The molecule has 1 atom stereocenters. The molecule has 0 aromatic heterocycles. The molecule has 112 valence electrons. The number of nitrogens with one attached hydrogen (secondary N) is 1. The largest absolute Gasteiger partial charge is 0.380 e. The Labute approximate surface area is 121 Å². The number of hydrogen-bond acceptors (Lipinski definition) is 3. The second kappa shape index (κ2) is 7.41. The Balaban J connectivity index is 2.74. The lowest BCUT2D eigenvalue weighted by molar-refractivity contribution is 0.0898. The van der Waals surface area contributed by atoms with Gasteiger partial charge in [0.2, 0.25) is 0 Å². The zero-order valence-corrected chi connectivity index (χ0v) is 12.9. The summed E-state index contributed by atoms with van der Waals surface area (Å²) >= 11 is 0. The van der Waals surface area contributed by atoms with E-state index in [-0.39, 0.29) is 11.4 Å². The number of nitrogens with two attached hydrogens (primary N) is 1. The molecule has 4 nitrogen and oxygen atoms in total. The SMILES string of the molecule is COCc1ccc(C(=O)NC(C)(CN)CC(C)C)cc1. The van der Waals surface area contributed by atoms with Crippen molar-refractivity contribution in [2.24, 2.45) is 11.7 Å². The Bertz CT molecular complexity index is 429. The number of rotatable bonds is 7. The maximum Gasteiger partial charge on any atom is 0.251 e. The lowest BCUT2D eigenvalue weighted by atomic mass is 9.90. The summed E-state index contributed by atoms with van der Waals surface area (Å²) in [5.41, 5.74) is 7.14. The van der Waals surface area contributed by atoms with Gasteiger partial charge in [-0.1, -0.05) is 26.0 Å². The van der Waals surface area contributed by atoms with Gasteiger partial charge in [0.05, 0.1) is 6.61 Å². The highest BCUT2D eigenvalue weighted by molar-refractivity contribution is 5.94. The number of carbonyl (C=O) groups excluding carboxylic acids is 1. The van der Waals surface area contributed by atoms with Gasteiger partial charge < -0.3 is 15.8 Å². The third kappa shape index (κ3) is 4.94. The molecule has 1 aromatic rings. The molecule has 0 aliphatic rings. The van der Waals surface area contributed by atoms with E-state index < -0.39 is 0 Å². The molecular formula is C16H26N2O2. The summed E-state index contributed by atoms with van der Waals surface area (Å²) < 4.78 is 5.05. The molecule has 0 spiro atoms. The lowest BCUT2D eigenvalue weighted by Gasteiger charge is -2.31. The predicted octanol–water partition coefficient (Wildman–Crippen LogP) is 2.33. The van der Waals surface area contributed by atoms with Crippen LogP contribution in [0.1, 0.15) is 43.1 Å².